The van der Waals surface area contributed by atoms with E-state index in [1.165, 1.54) is 11.1 Å². The lowest BCUT2D eigenvalue weighted by atomic mass is 9.88. The topological polar surface area (TPSA) is 51.2 Å². The first-order valence-corrected chi connectivity index (χ1v) is 8.84. The van der Waals surface area contributed by atoms with Crippen LogP contribution in [-0.2, 0) is 6.42 Å². The minimum absolute atomic E-state index is 0.121. The fourth-order valence-electron chi connectivity index (χ4n) is 3.63. The molecule has 1 heterocycles. The van der Waals surface area contributed by atoms with Gasteiger partial charge in [0.05, 0.1) is 27.4 Å². The van der Waals surface area contributed by atoms with Gasteiger partial charge in [-0.2, -0.15) is 0 Å². The standard InChI is InChI=1S/C21H27NO4/c1-22-10-9-15-11-20(25-3)21(26-4)12-17(15)18(22)13-19(23)14-5-7-16(24-2)8-6-14/h5-8,11-12,18-19,23H,9-10,13H2,1-4H3/t18-,19-/m1/s1. The average Bonchev–Trinajstić information content (AvgIpc) is 2.69. The monoisotopic (exact) mass is 357 g/mol. The van der Waals surface area contributed by atoms with Gasteiger partial charge in [-0.1, -0.05) is 12.1 Å². The molecule has 0 saturated heterocycles. The highest BCUT2D eigenvalue weighted by Gasteiger charge is 2.29. The van der Waals surface area contributed by atoms with Gasteiger partial charge < -0.3 is 19.3 Å². The second kappa shape index (κ2) is 7.98. The molecule has 0 aromatic heterocycles. The Labute approximate surface area is 155 Å². The fraction of sp³-hybridized carbons (Fsp3) is 0.429. The number of aliphatic hydroxyl groups is 1. The van der Waals surface area contributed by atoms with Crippen molar-refractivity contribution in [3.05, 3.63) is 53.1 Å². The number of ether oxygens (including phenoxy) is 3. The first-order chi connectivity index (χ1) is 12.6. The van der Waals surface area contributed by atoms with E-state index in [-0.39, 0.29) is 6.04 Å². The van der Waals surface area contributed by atoms with E-state index >= 15 is 0 Å². The highest BCUT2D eigenvalue weighted by Crippen LogP contribution is 2.41. The number of rotatable bonds is 6. The molecule has 3 rings (SSSR count). The van der Waals surface area contributed by atoms with E-state index in [0.717, 1.165) is 35.8 Å². The summed E-state index contributed by atoms with van der Waals surface area (Å²) in [7, 11) is 7.05. The second-order valence-electron chi connectivity index (χ2n) is 6.68. The minimum atomic E-state index is -0.549. The van der Waals surface area contributed by atoms with Crippen molar-refractivity contribution in [1.29, 1.82) is 0 Å². The molecular formula is C21H27NO4. The van der Waals surface area contributed by atoms with Crippen LogP contribution in [0.25, 0.3) is 0 Å². The van der Waals surface area contributed by atoms with Crippen molar-refractivity contribution in [2.75, 3.05) is 34.9 Å². The van der Waals surface area contributed by atoms with Crippen molar-refractivity contribution in [3.8, 4) is 17.2 Å². The summed E-state index contributed by atoms with van der Waals surface area (Å²) in [4.78, 5) is 2.29. The molecule has 1 N–H and O–H groups in total. The molecule has 1 aliphatic heterocycles. The number of hydrogen-bond acceptors (Lipinski definition) is 5. The van der Waals surface area contributed by atoms with E-state index in [2.05, 4.69) is 24.1 Å². The Bertz CT molecular complexity index is 744. The van der Waals surface area contributed by atoms with Crippen LogP contribution in [0.5, 0.6) is 17.2 Å². The highest BCUT2D eigenvalue weighted by molar-refractivity contribution is 5.49. The lowest BCUT2D eigenvalue weighted by molar-refractivity contribution is 0.109. The highest BCUT2D eigenvalue weighted by atomic mass is 16.5. The van der Waals surface area contributed by atoms with E-state index in [1.807, 2.05) is 24.3 Å². The van der Waals surface area contributed by atoms with Gasteiger partial charge >= 0.3 is 0 Å². The third kappa shape index (κ3) is 3.64. The maximum absolute atomic E-state index is 10.8. The Morgan fingerprint density at radius 2 is 1.69 bits per heavy atom. The zero-order valence-electron chi connectivity index (χ0n) is 15.9. The molecule has 2 atom stereocenters. The normalized spacial score (nSPS) is 18.1. The summed E-state index contributed by atoms with van der Waals surface area (Å²) in [6, 6.07) is 11.8. The molecule has 0 unspecified atom stereocenters. The van der Waals surface area contributed by atoms with Crippen molar-refractivity contribution < 1.29 is 19.3 Å². The molecule has 2 aromatic rings. The van der Waals surface area contributed by atoms with Crippen molar-refractivity contribution >= 4 is 0 Å². The zero-order chi connectivity index (χ0) is 18.7. The van der Waals surface area contributed by atoms with Crippen molar-refractivity contribution in [2.45, 2.75) is 25.0 Å². The van der Waals surface area contributed by atoms with Gasteiger partial charge in [0, 0.05) is 12.6 Å². The molecule has 0 aliphatic carbocycles. The van der Waals surface area contributed by atoms with Crippen molar-refractivity contribution in [2.24, 2.45) is 0 Å². The summed E-state index contributed by atoms with van der Waals surface area (Å²) in [6.07, 6.45) is 1.03. The Morgan fingerprint density at radius 3 is 2.31 bits per heavy atom. The number of aliphatic hydroxyl groups excluding tert-OH is 1. The number of benzene rings is 2. The van der Waals surface area contributed by atoms with Crippen LogP contribution in [0.15, 0.2) is 36.4 Å². The predicted molar refractivity (Wildman–Crippen MR) is 101 cm³/mol. The number of methoxy groups -OCH3 is 3. The molecule has 140 valence electrons. The number of fused-ring (bicyclic) bond motifs is 1. The molecule has 0 bridgehead atoms. The molecule has 2 aromatic carbocycles. The van der Waals surface area contributed by atoms with Gasteiger partial charge in [-0.15, -0.1) is 0 Å². The van der Waals surface area contributed by atoms with Gasteiger partial charge in [-0.3, -0.25) is 4.90 Å². The van der Waals surface area contributed by atoms with Gasteiger partial charge in [0.1, 0.15) is 5.75 Å². The molecule has 0 fully saturated rings. The Hall–Kier alpha value is -2.24. The average molecular weight is 357 g/mol. The maximum Gasteiger partial charge on any atom is 0.161 e. The molecule has 5 heteroatoms. The number of nitrogens with zero attached hydrogens (tertiary/aromatic N) is 1. The molecule has 0 amide bonds. The maximum atomic E-state index is 10.8. The lowest BCUT2D eigenvalue weighted by Crippen LogP contribution is -2.33. The van der Waals surface area contributed by atoms with Gasteiger partial charge in [0.25, 0.3) is 0 Å². The van der Waals surface area contributed by atoms with Crippen LogP contribution < -0.4 is 14.2 Å². The van der Waals surface area contributed by atoms with Crippen LogP contribution in [0.4, 0.5) is 0 Å². The van der Waals surface area contributed by atoms with Crippen LogP contribution in [0.1, 0.15) is 35.3 Å². The second-order valence-corrected chi connectivity index (χ2v) is 6.68. The largest absolute Gasteiger partial charge is 0.497 e. The van der Waals surface area contributed by atoms with Gasteiger partial charge in [0.2, 0.25) is 0 Å². The lowest BCUT2D eigenvalue weighted by Gasteiger charge is -2.36. The van der Waals surface area contributed by atoms with Crippen LogP contribution in [0.3, 0.4) is 0 Å². The van der Waals surface area contributed by atoms with Gasteiger partial charge in [-0.05, 0) is 60.8 Å². The Kier molecular flexibility index (Phi) is 5.69. The van der Waals surface area contributed by atoms with Gasteiger partial charge in [0.15, 0.2) is 11.5 Å². The van der Waals surface area contributed by atoms with Gasteiger partial charge in [-0.25, -0.2) is 0 Å². The quantitative estimate of drug-likeness (QED) is 0.859. The Morgan fingerprint density at radius 1 is 1.04 bits per heavy atom. The summed E-state index contributed by atoms with van der Waals surface area (Å²) < 4.78 is 16.1. The molecule has 1 aliphatic rings. The van der Waals surface area contributed by atoms with E-state index < -0.39 is 6.10 Å². The third-order valence-corrected chi connectivity index (χ3v) is 5.22. The van der Waals surface area contributed by atoms with E-state index in [0.29, 0.717) is 6.42 Å². The zero-order valence-corrected chi connectivity index (χ0v) is 15.9. The summed E-state index contributed by atoms with van der Waals surface area (Å²) in [6.45, 7) is 0.947. The summed E-state index contributed by atoms with van der Waals surface area (Å²) >= 11 is 0. The van der Waals surface area contributed by atoms with E-state index in [1.54, 1.807) is 21.3 Å². The summed E-state index contributed by atoms with van der Waals surface area (Å²) in [5, 5.41) is 10.8. The van der Waals surface area contributed by atoms with E-state index in [9.17, 15) is 5.11 Å². The molecule has 0 saturated carbocycles. The van der Waals surface area contributed by atoms with E-state index in [4.69, 9.17) is 14.2 Å². The molecule has 0 radical (unpaired) electrons. The molecule has 26 heavy (non-hydrogen) atoms. The first-order valence-electron chi connectivity index (χ1n) is 8.84. The summed E-state index contributed by atoms with van der Waals surface area (Å²) in [5.74, 6) is 2.27. The third-order valence-electron chi connectivity index (χ3n) is 5.22. The van der Waals surface area contributed by atoms with Crippen LogP contribution in [0.2, 0.25) is 0 Å². The van der Waals surface area contributed by atoms with Crippen LogP contribution in [-0.4, -0.2) is 44.9 Å². The minimum Gasteiger partial charge on any atom is -0.497 e. The van der Waals surface area contributed by atoms with Crippen LogP contribution >= 0.6 is 0 Å². The van der Waals surface area contributed by atoms with Crippen molar-refractivity contribution in [1.82, 2.24) is 4.90 Å². The van der Waals surface area contributed by atoms with Crippen molar-refractivity contribution in [3.63, 3.8) is 0 Å². The molecular weight excluding hydrogens is 330 g/mol. The first kappa shape index (κ1) is 18.5. The smallest absolute Gasteiger partial charge is 0.161 e. The number of likely N-dealkylation sites (N-methyl/N-ethyl adjacent to an activating group) is 1. The summed E-state index contributed by atoms with van der Waals surface area (Å²) in [5.41, 5.74) is 3.35. The number of hydrogen-bond donors (Lipinski definition) is 1. The predicted octanol–water partition coefficient (Wildman–Crippen LogP) is 3.37. The fourth-order valence-corrected chi connectivity index (χ4v) is 3.63. The Balaban J connectivity index is 1.87. The SMILES string of the molecule is COc1ccc([C@H](O)C[C@@H]2c3cc(OC)c(OC)cc3CCN2C)cc1. The molecule has 0 spiro atoms. The van der Waals surface area contributed by atoms with Crippen LogP contribution in [0, 0.1) is 0 Å². The molecule has 5 nitrogen and oxygen atoms in total.